The van der Waals surface area contributed by atoms with Crippen LogP contribution in [0.2, 0.25) is 0 Å². The monoisotopic (exact) mass is 358 g/mol. The minimum Gasteiger partial charge on any atom is -0.508 e. The Morgan fingerprint density at radius 1 is 0.926 bits per heavy atom. The van der Waals surface area contributed by atoms with E-state index in [9.17, 15) is 9.90 Å². The van der Waals surface area contributed by atoms with Gasteiger partial charge in [0, 0.05) is 17.5 Å². The van der Waals surface area contributed by atoms with E-state index in [-0.39, 0.29) is 11.3 Å². The maximum Gasteiger partial charge on any atom is 0.268 e. The summed E-state index contributed by atoms with van der Waals surface area (Å²) >= 11 is 0. The van der Waals surface area contributed by atoms with Gasteiger partial charge in [-0.05, 0) is 41.3 Å². The Hall–Kier alpha value is -3.27. The zero-order chi connectivity index (χ0) is 19.0. The quantitative estimate of drug-likeness (QED) is 0.495. The summed E-state index contributed by atoms with van der Waals surface area (Å²) in [7, 11) is 0. The van der Waals surface area contributed by atoms with E-state index >= 15 is 0 Å². The Balaban J connectivity index is 1.84. The molecule has 0 aliphatic rings. The van der Waals surface area contributed by atoms with Crippen LogP contribution in [0.3, 0.4) is 0 Å². The van der Waals surface area contributed by atoms with Crippen LogP contribution in [0, 0.1) is 6.92 Å². The molecule has 0 aliphatic heterocycles. The van der Waals surface area contributed by atoms with Crippen molar-refractivity contribution in [1.29, 1.82) is 0 Å². The van der Waals surface area contributed by atoms with Gasteiger partial charge >= 0.3 is 0 Å². The third-order valence-electron chi connectivity index (χ3n) is 5.15. The number of rotatable bonds is 4. The minimum absolute atomic E-state index is 0.160. The molecule has 1 aromatic heterocycles. The number of aromatic hydroxyl groups is 1. The average Bonchev–Trinajstić information content (AvgIpc) is 3.04. The van der Waals surface area contributed by atoms with Crippen molar-refractivity contribution in [2.24, 2.45) is 0 Å². The highest BCUT2D eigenvalue weighted by Gasteiger charge is 2.16. The van der Waals surface area contributed by atoms with E-state index in [0.29, 0.717) is 12.0 Å². The number of benzene rings is 3. The van der Waals surface area contributed by atoms with Gasteiger partial charge in [0.25, 0.3) is 5.56 Å². The van der Waals surface area contributed by atoms with Crippen LogP contribution < -0.4 is 5.56 Å². The molecule has 0 saturated carbocycles. The van der Waals surface area contributed by atoms with Crippen LogP contribution >= 0.6 is 0 Å². The predicted molar refractivity (Wildman–Crippen MR) is 109 cm³/mol. The van der Waals surface area contributed by atoms with Crippen LogP contribution in [0.1, 0.15) is 29.2 Å². The van der Waals surface area contributed by atoms with E-state index in [1.807, 2.05) is 43.3 Å². The lowest BCUT2D eigenvalue weighted by Crippen LogP contribution is -2.07. The molecule has 0 fully saturated rings. The summed E-state index contributed by atoms with van der Waals surface area (Å²) in [6.45, 7) is 4.15. The fourth-order valence-corrected chi connectivity index (χ4v) is 3.53. The molecule has 3 N–H and O–H groups in total. The number of aromatic amines is 2. The van der Waals surface area contributed by atoms with Gasteiger partial charge in [-0.25, -0.2) is 0 Å². The summed E-state index contributed by atoms with van der Waals surface area (Å²) in [5.74, 6) is 0.210. The van der Waals surface area contributed by atoms with Crippen molar-refractivity contribution in [3.63, 3.8) is 0 Å². The van der Waals surface area contributed by atoms with E-state index in [0.717, 1.165) is 39.6 Å². The highest BCUT2D eigenvalue weighted by atomic mass is 16.3. The van der Waals surface area contributed by atoms with E-state index in [4.69, 9.17) is 0 Å². The second kappa shape index (κ2) is 6.80. The normalized spacial score (nSPS) is 11.2. The van der Waals surface area contributed by atoms with Crippen molar-refractivity contribution in [2.45, 2.75) is 26.7 Å². The van der Waals surface area contributed by atoms with Gasteiger partial charge in [-0.3, -0.25) is 15.0 Å². The minimum atomic E-state index is -0.160. The standard InChI is InChI=1S/C23H22N2O2/c1-3-15-6-10-18-17(12-15)9-11-21(26)19(18)13-20-22(24-25-23(20)27)16-7-4-14(2)5-8-16/h4-12,26H,3,13H2,1-2H3,(H2,24,25,27). The topological polar surface area (TPSA) is 68.9 Å². The average molecular weight is 358 g/mol. The molecule has 0 atom stereocenters. The summed E-state index contributed by atoms with van der Waals surface area (Å²) in [5, 5.41) is 18.2. The second-order valence-electron chi connectivity index (χ2n) is 6.95. The molecule has 136 valence electrons. The Bertz CT molecular complexity index is 1170. The van der Waals surface area contributed by atoms with Gasteiger partial charge in [0.1, 0.15) is 5.75 Å². The molecule has 0 unspecified atom stereocenters. The number of aryl methyl sites for hydroxylation is 2. The molecule has 1 heterocycles. The highest BCUT2D eigenvalue weighted by Crippen LogP contribution is 2.31. The van der Waals surface area contributed by atoms with Crippen LogP contribution in [-0.4, -0.2) is 15.3 Å². The first-order valence-corrected chi connectivity index (χ1v) is 9.17. The SMILES string of the molecule is CCc1ccc2c(Cc3c(-c4ccc(C)cc4)[nH][nH]c3=O)c(O)ccc2c1. The van der Waals surface area contributed by atoms with Gasteiger partial charge in [-0.2, -0.15) is 0 Å². The molecule has 27 heavy (non-hydrogen) atoms. The first-order chi connectivity index (χ1) is 13.1. The Labute approximate surface area is 157 Å². The Kier molecular flexibility index (Phi) is 4.32. The number of phenolic OH excluding ortho intramolecular Hbond substituents is 1. The largest absolute Gasteiger partial charge is 0.508 e. The van der Waals surface area contributed by atoms with Crippen LogP contribution in [-0.2, 0) is 12.8 Å². The first kappa shape index (κ1) is 17.2. The summed E-state index contributed by atoms with van der Waals surface area (Å²) in [4.78, 5) is 12.5. The van der Waals surface area contributed by atoms with Crippen molar-refractivity contribution < 1.29 is 5.11 Å². The third kappa shape index (κ3) is 3.14. The van der Waals surface area contributed by atoms with E-state index in [2.05, 4.69) is 29.3 Å². The molecule has 4 heteroatoms. The van der Waals surface area contributed by atoms with Crippen molar-refractivity contribution in [1.82, 2.24) is 10.2 Å². The molecule has 0 aliphatic carbocycles. The number of nitrogens with one attached hydrogen (secondary N) is 2. The predicted octanol–water partition coefficient (Wildman–Crippen LogP) is 4.69. The van der Waals surface area contributed by atoms with Crippen LogP contribution in [0.25, 0.3) is 22.0 Å². The number of fused-ring (bicyclic) bond motifs is 1. The van der Waals surface area contributed by atoms with Crippen molar-refractivity contribution in [3.8, 4) is 17.0 Å². The lowest BCUT2D eigenvalue weighted by molar-refractivity contribution is 0.470. The van der Waals surface area contributed by atoms with Gasteiger partial charge in [-0.15, -0.1) is 0 Å². The fourth-order valence-electron chi connectivity index (χ4n) is 3.53. The summed E-state index contributed by atoms with van der Waals surface area (Å²) in [6, 6.07) is 17.9. The van der Waals surface area contributed by atoms with Gasteiger partial charge < -0.3 is 5.11 Å². The summed E-state index contributed by atoms with van der Waals surface area (Å²) in [6.07, 6.45) is 1.32. The Morgan fingerprint density at radius 2 is 1.70 bits per heavy atom. The smallest absolute Gasteiger partial charge is 0.268 e. The maximum atomic E-state index is 12.5. The number of hydrogen-bond donors (Lipinski definition) is 3. The van der Waals surface area contributed by atoms with Gasteiger partial charge in [0.15, 0.2) is 0 Å². The lowest BCUT2D eigenvalue weighted by atomic mass is 9.94. The van der Waals surface area contributed by atoms with E-state index < -0.39 is 0 Å². The van der Waals surface area contributed by atoms with Gasteiger partial charge in [0.05, 0.1) is 5.69 Å². The number of hydrogen-bond acceptors (Lipinski definition) is 2. The zero-order valence-electron chi connectivity index (χ0n) is 15.5. The van der Waals surface area contributed by atoms with Gasteiger partial charge in [-0.1, -0.05) is 61.0 Å². The lowest BCUT2D eigenvalue weighted by Gasteiger charge is -2.11. The van der Waals surface area contributed by atoms with E-state index in [1.165, 1.54) is 5.56 Å². The number of aromatic nitrogens is 2. The van der Waals surface area contributed by atoms with Gasteiger partial charge in [0.2, 0.25) is 0 Å². The first-order valence-electron chi connectivity index (χ1n) is 9.17. The number of H-pyrrole nitrogens is 2. The molecule has 4 nitrogen and oxygen atoms in total. The fraction of sp³-hybridized carbons (Fsp3) is 0.174. The third-order valence-corrected chi connectivity index (χ3v) is 5.15. The molecule has 0 saturated heterocycles. The molecule has 4 rings (SSSR count). The van der Waals surface area contributed by atoms with Crippen molar-refractivity contribution in [3.05, 3.63) is 87.2 Å². The molecule has 0 bridgehead atoms. The molecule has 4 aromatic rings. The van der Waals surface area contributed by atoms with Crippen LogP contribution in [0.5, 0.6) is 5.75 Å². The Morgan fingerprint density at radius 3 is 2.44 bits per heavy atom. The molecule has 0 amide bonds. The highest BCUT2D eigenvalue weighted by molar-refractivity contribution is 5.89. The van der Waals surface area contributed by atoms with Crippen LogP contribution in [0.15, 0.2) is 59.4 Å². The van der Waals surface area contributed by atoms with Crippen LogP contribution in [0.4, 0.5) is 0 Å². The van der Waals surface area contributed by atoms with Crippen molar-refractivity contribution >= 4 is 10.8 Å². The second-order valence-corrected chi connectivity index (χ2v) is 6.95. The molecule has 0 radical (unpaired) electrons. The molecule has 3 aromatic carbocycles. The maximum absolute atomic E-state index is 12.5. The van der Waals surface area contributed by atoms with E-state index in [1.54, 1.807) is 6.07 Å². The zero-order valence-corrected chi connectivity index (χ0v) is 15.5. The molecular formula is C23H22N2O2. The summed E-state index contributed by atoms with van der Waals surface area (Å²) < 4.78 is 0. The summed E-state index contributed by atoms with van der Waals surface area (Å²) in [5.41, 5.74) is 5.36. The number of phenols is 1. The van der Waals surface area contributed by atoms with Crippen molar-refractivity contribution in [2.75, 3.05) is 0 Å². The molecular weight excluding hydrogens is 336 g/mol. The molecule has 0 spiro atoms.